The largest absolute Gasteiger partial charge is 0.465 e. The van der Waals surface area contributed by atoms with Crippen molar-refractivity contribution in [2.75, 3.05) is 13.7 Å². The van der Waals surface area contributed by atoms with E-state index in [4.69, 9.17) is 17.3 Å². The molecule has 4 nitrogen and oxygen atoms in total. The number of carbonyl (C=O) groups is 1. The lowest BCUT2D eigenvalue weighted by atomic mass is 10.2. The Morgan fingerprint density at radius 2 is 2.44 bits per heavy atom. The van der Waals surface area contributed by atoms with Crippen molar-refractivity contribution >= 4 is 23.6 Å². The molecule has 0 bridgehead atoms. The molecule has 0 atom stereocenters. The Bertz CT molecular complexity index is 405. The highest BCUT2D eigenvalue weighted by Gasteiger charge is 2.08. The Hall–Kier alpha value is -1.39. The Morgan fingerprint density at radius 3 is 3.06 bits per heavy atom. The van der Waals surface area contributed by atoms with Gasteiger partial charge < -0.3 is 10.5 Å². The maximum absolute atomic E-state index is 11.3. The van der Waals surface area contributed by atoms with Gasteiger partial charge >= 0.3 is 5.97 Å². The minimum atomic E-state index is -0.433. The normalized spacial score (nSPS) is 10.7. The lowest BCUT2D eigenvalue weighted by Gasteiger charge is -2.01. The minimum Gasteiger partial charge on any atom is -0.465 e. The quantitative estimate of drug-likeness (QED) is 0.645. The van der Waals surface area contributed by atoms with E-state index in [2.05, 4.69) is 9.72 Å². The van der Waals surface area contributed by atoms with E-state index in [1.165, 1.54) is 13.3 Å². The number of aromatic nitrogens is 1. The van der Waals surface area contributed by atoms with Crippen LogP contribution in [-0.2, 0) is 4.74 Å². The maximum Gasteiger partial charge on any atom is 0.339 e. The van der Waals surface area contributed by atoms with Crippen LogP contribution in [0.4, 0.5) is 0 Å². The molecule has 0 amide bonds. The third kappa shape index (κ3) is 3.32. The van der Waals surface area contributed by atoms with Gasteiger partial charge in [-0.15, -0.1) is 0 Å². The number of hydrogen-bond acceptors (Lipinski definition) is 4. The second-order valence-corrected chi connectivity index (χ2v) is 3.43. The molecule has 0 aliphatic carbocycles. The number of nitrogens with two attached hydrogens (primary N) is 1. The number of ether oxygens (including phenoxy) is 1. The zero-order valence-corrected chi connectivity index (χ0v) is 9.70. The van der Waals surface area contributed by atoms with Crippen molar-refractivity contribution in [1.29, 1.82) is 0 Å². The summed E-state index contributed by atoms with van der Waals surface area (Å²) in [5.41, 5.74) is 6.41. The molecule has 0 spiro atoms. The number of carbonyl (C=O) groups excluding carboxylic acids is 1. The SMILES string of the molecule is COC(=O)c1cnc(Cl)c(C=CCCN)c1. The monoisotopic (exact) mass is 240 g/mol. The second-order valence-electron chi connectivity index (χ2n) is 3.08. The Balaban J connectivity index is 2.94. The summed E-state index contributed by atoms with van der Waals surface area (Å²) in [5.74, 6) is -0.433. The van der Waals surface area contributed by atoms with Gasteiger partial charge in [0.1, 0.15) is 5.15 Å². The molecule has 86 valence electrons. The highest BCUT2D eigenvalue weighted by molar-refractivity contribution is 6.30. The van der Waals surface area contributed by atoms with Gasteiger partial charge in [-0.1, -0.05) is 23.8 Å². The first-order chi connectivity index (χ1) is 7.69. The highest BCUT2D eigenvalue weighted by atomic mass is 35.5. The van der Waals surface area contributed by atoms with Crippen molar-refractivity contribution in [3.05, 3.63) is 34.6 Å². The summed E-state index contributed by atoms with van der Waals surface area (Å²) in [6, 6.07) is 1.63. The first-order valence-corrected chi connectivity index (χ1v) is 5.17. The summed E-state index contributed by atoms with van der Waals surface area (Å²) in [5, 5.41) is 0.348. The molecule has 16 heavy (non-hydrogen) atoms. The summed E-state index contributed by atoms with van der Waals surface area (Å²) in [6.45, 7) is 0.568. The molecule has 1 heterocycles. The smallest absolute Gasteiger partial charge is 0.339 e. The average Bonchev–Trinajstić information content (AvgIpc) is 2.31. The molecule has 0 saturated carbocycles. The van der Waals surface area contributed by atoms with E-state index in [1.54, 1.807) is 12.1 Å². The van der Waals surface area contributed by atoms with E-state index in [0.717, 1.165) is 6.42 Å². The molecule has 0 aliphatic rings. The topological polar surface area (TPSA) is 65.2 Å². The number of pyridine rings is 1. The number of esters is 1. The van der Waals surface area contributed by atoms with E-state index in [-0.39, 0.29) is 0 Å². The van der Waals surface area contributed by atoms with E-state index in [0.29, 0.717) is 22.8 Å². The molecule has 1 aromatic rings. The molecular weight excluding hydrogens is 228 g/mol. The molecule has 1 aromatic heterocycles. The second kappa shape index (κ2) is 6.25. The third-order valence-corrected chi connectivity index (χ3v) is 2.23. The Morgan fingerprint density at radius 1 is 1.69 bits per heavy atom. The van der Waals surface area contributed by atoms with Gasteiger partial charge in [0.05, 0.1) is 12.7 Å². The van der Waals surface area contributed by atoms with Crippen molar-refractivity contribution < 1.29 is 9.53 Å². The number of rotatable bonds is 4. The summed E-state index contributed by atoms with van der Waals surface area (Å²) in [4.78, 5) is 15.2. The summed E-state index contributed by atoms with van der Waals surface area (Å²) in [7, 11) is 1.32. The zero-order chi connectivity index (χ0) is 12.0. The molecule has 0 aromatic carbocycles. The summed E-state index contributed by atoms with van der Waals surface area (Å²) in [6.07, 6.45) is 5.80. The molecule has 0 fully saturated rings. The van der Waals surface area contributed by atoms with Gasteiger partial charge in [0.15, 0.2) is 0 Å². The molecule has 5 heteroatoms. The van der Waals surface area contributed by atoms with E-state index >= 15 is 0 Å². The first kappa shape index (κ1) is 12.7. The van der Waals surface area contributed by atoms with Crippen LogP contribution in [0.3, 0.4) is 0 Å². The van der Waals surface area contributed by atoms with Gasteiger partial charge in [0, 0.05) is 11.8 Å². The van der Waals surface area contributed by atoms with Crippen molar-refractivity contribution in [3.63, 3.8) is 0 Å². The van der Waals surface area contributed by atoms with Gasteiger partial charge in [-0.2, -0.15) is 0 Å². The van der Waals surface area contributed by atoms with Gasteiger partial charge in [0.2, 0.25) is 0 Å². The average molecular weight is 241 g/mol. The molecular formula is C11H13ClN2O2. The molecule has 0 aliphatic heterocycles. The van der Waals surface area contributed by atoms with Crippen LogP contribution in [0.15, 0.2) is 18.3 Å². The molecule has 0 saturated heterocycles. The van der Waals surface area contributed by atoms with Gasteiger partial charge in [0.25, 0.3) is 0 Å². The lowest BCUT2D eigenvalue weighted by Crippen LogP contribution is -2.02. The molecule has 0 unspecified atom stereocenters. The third-order valence-electron chi connectivity index (χ3n) is 1.92. The molecule has 2 N–H and O–H groups in total. The van der Waals surface area contributed by atoms with Crippen LogP contribution in [0, 0.1) is 0 Å². The van der Waals surface area contributed by atoms with Crippen molar-refractivity contribution in [2.45, 2.75) is 6.42 Å². The minimum absolute atomic E-state index is 0.348. The van der Waals surface area contributed by atoms with Crippen molar-refractivity contribution in [3.8, 4) is 0 Å². The van der Waals surface area contributed by atoms with Crippen LogP contribution in [0.25, 0.3) is 6.08 Å². The van der Waals surface area contributed by atoms with Crippen LogP contribution in [0.1, 0.15) is 22.3 Å². The van der Waals surface area contributed by atoms with Crippen LogP contribution >= 0.6 is 11.6 Å². The van der Waals surface area contributed by atoms with Crippen LogP contribution in [0.5, 0.6) is 0 Å². The van der Waals surface area contributed by atoms with Crippen molar-refractivity contribution in [1.82, 2.24) is 4.98 Å². The number of methoxy groups -OCH3 is 1. The summed E-state index contributed by atoms with van der Waals surface area (Å²) < 4.78 is 4.59. The lowest BCUT2D eigenvalue weighted by molar-refractivity contribution is 0.0600. The number of nitrogens with zero attached hydrogens (tertiary/aromatic N) is 1. The Kier molecular flexibility index (Phi) is 4.95. The Labute approximate surface area is 99.1 Å². The van der Waals surface area contributed by atoms with Crippen LogP contribution < -0.4 is 5.73 Å². The van der Waals surface area contributed by atoms with E-state index in [9.17, 15) is 4.79 Å². The first-order valence-electron chi connectivity index (χ1n) is 4.79. The predicted molar refractivity (Wildman–Crippen MR) is 63.3 cm³/mol. The molecule has 1 rings (SSSR count). The van der Waals surface area contributed by atoms with Crippen LogP contribution in [0.2, 0.25) is 5.15 Å². The fourth-order valence-corrected chi connectivity index (χ4v) is 1.28. The fourth-order valence-electron chi connectivity index (χ4n) is 1.12. The molecule has 0 radical (unpaired) electrons. The van der Waals surface area contributed by atoms with Gasteiger partial charge in [-0.05, 0) is 19.0 Å². The van der Waals surface area contributed by atoms with Gasteiger partial charge in [-0.25, -0.2) is 9.78 Å². The fraction of sp³-hybridized carbons (Fsp3) is 0.273. The predicted octanol–water partition coefficient (Wildman–Crippen LogP) is 1.88. The van der Waals surface area contributed by atoms with E-state index < -0.39 is 5.97 Å². The van der Waals surface area contributed by atoms with Crippen LogP contribution in [-0.4, -0.2) is 24.6 Å². The highest BCUT2D eigenvalue weighted by Crippen LogP contribution is 2.16. The zero-order valence-electron chi connectivity index (χ0n) is 8.94. The number of hydrogen-bond donors (Lipinski definition) is 1. The maximum atomic E-state index is 11.3. The number of halogens is 1. The van der Waals surface area contributed by atoms with E-state index in [1.807, 2.05) is 6.08 Å². The summed E-state index contributed by atoms with van der Waals surface area (Å²) >= 11 is 5.88. The van der Waals surface area contributed by atoms with Crippen molar-refractivity contribution in [2.24, 2.45) is 5.73 Å². The standard InChI is InChI=1S/C11H13ClN2O2/c1-16-11(15)9-6-8(4-2-3-5-13)10(12)14-7-9/h2,4,6-7H,3,5,13H2,1H3. The van der Waals surface area contributed by atoms with Gasteiger partial charge in [-0.3, -0.25) is 0 Å².